The summed E-state index contributed by atoms with van der Waals surface area (Å²) >= 11 is 0. The van der Waals surface area contributed by atoms with Crippen LogP contribution in [0, 0.1) is 13.8 Å². The summed E-state index contributed by atoms with van der Waals surface area (Å²) in [6.07, 6.45) is 4.63. The predicted octanol–water partition coefficient (Wildman–Crippen LogP) is 2.12. The molecule has 2 heteroatoms. The van der Waals surface area contributed by atoms with Crippen LogP contribution in [0.25, 0.3) is 0 Å². The van der Waals surface area contributed by atoms with Crippen molar-refractivity contribution in [2.45, 2.75) is 45.1 Å². The van der Waals surface area contributed by atoms with Crippen molar-refractivity contribution in [3.63, 3.8) is 0 Å². The van der Waals surface area contributed by atoms with Crippen molar-refractivity contribution in [1.82, 2.24) is 4.98 Å². The molecular formula is C12H18N2. The Morgan fingerprint density at radius 3 is 2.36 bits per heavy atom. The van der Waals surface area contributed by atoms with Crippen molar-refractivity contribution in [3.05, 3.63) is 29.1 Å². The van der Waals surface area contributed by atoms with Gasteiger partial charge in [-0.3, -0.25) is 4.98 Å². The molecule has 2 nitrogen and oxygen atoms in total. The van der Waals surface area contributed by atoms with E-state index in [1.165, 1.54) is 18.4 Å². The number of nitrogens with two attached hydrogens (primary N) is 1. The average Bonchev–Trinajstić information content (AvgIpc) is 2.80. The number of aryl methyl sites for hydroxylation is 3. The van der Waals surface area contributed by atoms with E-state index in [0.717, 1.165) is 24.2 Å². The first kappa shape index (κ1) is 9.66. The lowest BCUT2D eigenvalue weighted by Crippen LogP contribution is -2.22. The molecule has 1 aromatic rings. The zero-order chi connectivity index (χ0) is 10.2. The quantitative estimate of drug-likeness (QED) is 0.793. The summed E-state index contributed by atoms with van der Waals surface area (Å²) < 4.78 is 0. The van der Waals surface area contributed by atoms with Gasteiger partial charge in [0.25, 0.3) is 0 Å². The molecule has 2 rings (SSSR count). The van der Waals surface area contributed by atoms with Gasteiger partial charge in [-0.1, -0.05) is 0 Å². The van der Waals surface area contributed by atoms with E-state index < -0.39 is 0 Å². The zero-order valence-electron chi connectivity index (χ0n) is 9.01. The van der Waals surface area contributed by atoms with Gasteiger partial charge in [-0.25, -0.2) is 0 Å². The fourth-order valence-corrected chi connectivity index (χ4v) is 1.87. The van der Waals surface area contributed by atoms with E-state index in [1.54, 1.807) is 0 Å². The molecule has 0 unspecified atom stereocenters. The van der Waals surface area contributed by atoms with Crippen LogP contribution in [-0.2, 0) is 6.42 Å². The van der Waals surface area contributed by atoms with E-state index in [0.29, 0.717) is 0 Å². The monoisotopic (exact) mass is 190 g/mol. The van der Waals surface area contributed by atoms with Gasteiger partial charge >= 0.3 is 0 Å². The molecule has 2 N–H and O–H groups in total. The smallest absolute Gasteiger partial charge is 0.0378 e. The number of aromatic nitrogens is 1. The molecular weight excluding hydrogens is 172 g/mol. The topological polar surface area (TPSA) is 38.9 Å². The predicted molar refractivity (Wildman–Crippen MR) is 58.2 cm³/mol. The van der Waals surface area contributed by atoms with Gasteiger partial charge in [0.15, 0.2) is 0 Å². The second kappa shape index (κ2) is 3.35. The van der Waals surface area contributed by atoms with Crippen molar-refractivity contribution in [3.8, 4) is 0 Å². The summed E-state index contributed by atoms with van der Waals surface area (Å²) in [5, 5.41) is 0. The number of hydrogen-bond acceptors (Lipinski definition) is 2. The van der Waals surface area contributed by atoms with Gasteiger partial charge in [0.2, 0.25) is 0 Å². The van der Waals surface area contributed by atoms with Gasteiger partial charge in [0.05, 0.1) is 0 Å². The molecule has 0 atom stereocenters. The van der Waals surface area contributed by atoms with Crippen LogP contribution in [0.4, 0.5) is 0 Å². The summed E-state index contributed by atoms with van der Waals surface area (Å²) in [4.78, 5) is 4.36. The molecule has 1 aromatic heterocycles. The van der Waals surface area contributed by atoms with Crippen LogP contribution in [0.2, 0.25) is 0 Å². The molecule has 0 aromatic carbocycles. The molecule has 0 spiro atoms. The van der Waals surface area contributed by atoms with Crippen LogP contribution < -0.4 is 5.73 Å². The highest BCUT2D eigenvalue weighted by atomic mass is 14.8. The van der Waals surface area contributed by atoms with Gasteiger partial charge in [0.1, 0.15) is 0 Å². The van der Waals surface area contributed by atoms with Crippen molar-refractivity contribution in [2.75, 3.05) is 0 Å². The first-order valence-electron chi connectivity index (χ1n) is 5.30. The lowest BCUT2D eigenvalue weighted by Gasteiger charge is -2.09. The second-order valence-corrected chi connectivity index (χ2v) is 4.62. The van der Waals surface area contributed by atoms with E-state index in [1.807, 2.05) is 13.8 Å². The Hall–Kier alpha value is -0.890. The summed E-state index contributed by atoms with van der Waals surface area (Å²) in [6, 6.07) is 4.33. The van der Waals surface area contributed by atoms with Crippen LogP contribution in [0.5, 0.6) is 0 Å². The SMILES string of the molecule is Cc1cc(CCC2(N)CC2)cc(C)n1. The van der Waals surface area contributed by atoms with E-state index >= 15 is 0 Å². The number of rotatable bonds is 3. The average molecular weight is 190 g/mol. The molecule has 0 bridgehead atoms. The summed E-state index contributed by atoms with van der Waals surface area (Å²) in [7, 11) is 0. The van der Waals surface area contributed by atoms with Crippen LogP contribution in [0.3, 0.4) is 0 Å². The largest absolute Gasteiger partial charge is 0.325 e. The summed E-state index contributed by atoms with van der Waals surface area (Å²) in [6.45, 7) is 4.09. The molecule has 1 aliphatic carbocycles. The lowest BCUT2D eigenvalue weighted by molar-refractivity contribution is 0.608. The summed E-state index contributed by atoms with van der Waals surface area (Å²) in [5.74, 6) is 0. The number of nitrogens with zero attached hydrogens (tertiary/aromatic N) is 1. The van der Waals surface area contributed by atoms with Gasteiger partial charge in [-0.2, -0.15) is 0 Å². The van der Waals surface area contributed by atoms with Crippen LogP contribution in [0.1, 0.15) is 36.2 Å². The Morgan fingerprint density at radius 2 is 1.86 bits per heavy atom. The highest BCUT2D eigenvalue weighted by molar-refractivity contribution is 5.21. The van der Waals surface area contributed by atoms with Crippen LogP contribution >= 0.6 is 0 Å². The maximum Gasteiger partial charge on any atom is 0.0378 e. The zero-order valence-corrected chi connectivity index (χ0v) is 9.01. The maximum atomic E-state index is 6.05. The van der Waals surface area contributed by atoms with Crippen molar-refractivity contribution >= 4 is 0 Å². The second-order valence-electron chi connectivity index (χ2n) is 4.62. The Kier molecular flexibility index (Phi) is 2.31. The van der Waals surface area contributed by atoms with Crippen LogP contribution in [-0.4, -0.2) is 10.5 Å². The molecule has 0 amide bonds. The Morgan fingerprint density at radius 1 is 1.29 bits per heavy atom. The third kappa shape index (κ3) is 2.32. The van der Waals surface area contributed by atoms with Gasteiger partial charge in [-0.15, -0.1) is 0 Å². The minimum absolute atomic E-state index is 0.172. The Balaban J connectivity index is 2.01. The number of hydrogen-bond donors (Lipinski definition) is 1. The Labute approximate surface area is 85.5 Å². The van der Waals surface area contributed by atoms with Crippen LogP contribution in [0.15, 0.2) is 12.1 Å². The van der Waals surface area contributed by atoms with E-state index in [2.05, 4.69) is 17.1 Å². The third-order valence-corrected chi connectivity index (χ3v) is 2.95. The normalized spacial score (nSPS) is 18.2. The maximum absolute atomic E-state index is 6.05. The minimum Gasteiger partial charge on any atom is -0.325 e. The molecule has 0 aliphatic heterocycles. The van der Waals surface area contributed by atoms with E-state index in [-0.39, 0.29) is 5.54 Å². The molecule has 1 aliphatic rings. The van der Waals surface area contributed by atoms with Crippen molar-refractivity contribution in [1.29, 1.82) is 0 Å². The number of pyridine rings is 1. The highest BCUT2D eigenvalue weighted by Crippen LogP contribution is 2.36. The van der Waals surface area contributed by atoms with E-state index in [4.69, 9.17) is 5.73 Å². The third-order valence-electron chi connectivity index (χ3n) is 2.95. The van der Waals surface area contributed by atoms with Gasteiger partial charge in [-0.05, 0) is 57.2 Å². The first-order valence-corrected chi connectivity index (χ1v) is 5.30. The molecule has 0 saturated heterocycles. The van der Waals surface area contributed by atoms with E-state index in [9.17, 15) is 0 Å². The van der Waals surface area contributed by atoms with Crippen molar-refractivity contribution < 1.29 is 0 Å². The Bertz CT molecular complexity index is 320. The van der Waals surface area contributed by atoms with Gasteiger partial charge in [0, 0.05) is 16.9 Å². The molecule has 0 radical (unpaired) electrons. The minimum atomic E-state index is 0.172. The fraction of sp³-hybridized carbons (Fsp3) is 0.583. The fourth-order valence-electron chi connectivity index (χ4n) is 1.87. The standard InChI is InChI=1S/C12H18N2/c1-9-7-11(8-10(2)14-9)3-4-12(13)5-6-12/h7-8H,3-6,13H2,1-2H3. The highest BCUT2D eigenvalue weighted by Gasteiger charge is 2.37. The van der Waals surface area contributed by atoms with Crippen molar-refractivity contribution in [2.24, 2.45) is 5.73 Å². The first-order chi connectivity index (χ1) is 6.57. The lowest BCUT2D eigenvalue weighted by atomic mass is 10.0. The molecule has 1 saturated carbocycles. The van der Waals surface area contributed by atoms with Gasteiger partial charge < -0.3 is 5.73 Å². The molecule has 1 fully saturated rings. The molecule has 76 valence electrons. The summed E-state index contributed by atoms with van der Waals surface area (Å²) in [5.41, 5.74) is 9.83. The molecule has 1 heterocycles. The molecule has 14 heavy (non-hydrogen) atoms.